The number of allylic oxidation sites excluding steroid dienone is 4. The third-order valence-electron chi connectivity index (χ3n) is 7.33. The number of aliphatic hydroxyl groups excluding tert-OH is 1. The predicted molar refractivity (Wildman–Crippen MR) is 168 cm³/mol. The minimum atomic E-state index is -1.14. The molecule has 0 saturated heterocycles. The fourth-order valence-electron chi connectivity index (χ4n) is 5.04. The molecule has 0 radical (unpaired) electrons. The number of unbranched alkanes of at least 4 members (excludes halogenated alkanes) is 4. The molecule has 1 unspecified atom stereocenters. The minimum Gasteiger partial charge on any atom is -0.507 e. The highest BCUT2D eigenvalue weighted by Gasteiger charge is 2.36. The van der Waals surface area contributed by atoms with Gasteiger partial charge in [-0.15, -0.1) is 0 Å². The third kappa shape index (κ3) is 8.43. The Morgan fingerprint density at radius 2 is 1.31 bits per heavy atom. The van der Waals surface area contributed by atoms with Crippen LogP contribution in [0.4, 0.5) is 0 Å². The van der Waals surface area contributed by atoms with Crippen LogP contribution < -0.4 is 30.4 Å². The summed E-state index contributed by atoms with van der Waals surface area (Å²) in [6.45, 7) is 10.4. The van der Waals surface area contributed by atoms with E-state index in [0.29, 0.717) is 84.6 Å². The largest absolute Gasteiger partial charge is 0.507 e. The van der Waals surface area contributed by atoms with E-state index in [4.69, 9.17) is 30.4 Å². The van der Waals surface area contributed by atoms with Crippen molar-refractivity contribution in [3.8, 4) is 34.5 Å². The lowest BCUT2D eigenvalue weighted by Crippen LogP contribution is -2.16. The van der Waals surface area contributed by atoms with Crippen molar-refractivity contribution in [3.63, 3.8) is 0 Å². The summed E-state index contributed by atoms with van der Waals surface area (Å²) in [7, 11) is 1.60. The Balaban J connectivity index is 2.09. The van der Waals surface area contributed by atoms with E-state index in [1.54, 1.807) is 19.2 Å². The maximum Gasteiger partial charge on any atom is 0.165 e. The second-order valence-electron chi connectivity index (χ2n) is 11.3. The van der Waals surface area contributed by atoms with E-state index in [2.05, 4.69) is 6.08 Å². The van der Waals surface area contributed by atoms with Crippen LogP contribution in [-0.4, -0.2) is 43.6 Å². The Hall–Kier alpha value is -3.20. The fourth-order valence-corrected chi connectivity index (χ4v) is 5.04. The van der Waals surface area contributed by atoms with E-state index in [0.717, 1.165) is 55.2 Å². The zero-order valence-electron chi connectivity index (χ0n) is 26.1. The first-order valence-corrected chi connectivity index (χ1v) is 15.1. The van der Waals surface area contributed by atoms with Crippen molar-refractivity contribution in [1.82, 2.24) is 0 Å². The molecule has 0 fully saturated rings. The van der Waals surface area contributed by atoms with E-state index < -0.39 is 6.10 Å². The van der Waals surface area contributed by atoms with Crippen molar-refractivity contribution in [2.75, 3.05) is 33.4 Å². The number of fused-ring (bicyclic) bond motifs is 2. The lowest BCUT2D eigenvalue weighted by molar-refractivity contribution is 0.194. The zero-order chi connectivity index (χ0) is 30.6. The minimum absolute atomic E-state index is 0.0209. The van der Waals surface area contributed by atoms with E-state index in [1.165, 1.54) is 0 Å². The van der Waals surface area contributed by atoms with Crippen LogP contribution in [0.1, 0.15) is 94.6 Å². The summed E-state index contributed by atoms with van der Waals surface area (Å²) < 4.78 is 24.6. The molecule has 0 bridgehead atoms. The normalized spacial score (nSPS) is 13.5. The predicted octanol–water partition coefficient (Wildman–Crippen LogP) is 6.62. The molecule has 2 aromatic rings. The highest BCUT2D eigenvalue weighted by atomic mass is 16.5. The number of aliphatic hydroxyl groups is 1. The van der Waals surface area contributed by atoms with Crippen LogP contribution in [-0.2, 0) is 12.8 Å². The van der Waals surface area contributed by atoms with Crippen molar-refractivity contribution in [2.24, 2.45) is 11.5 Å². The van der Waals surface area contributed by atoms with Crippen LogP contribution in [0.2, 0.25) is 0 Å². The van der Waals surface area contributed by atoms with Gasteiger partial charge in [0.25, 0.3) is 0 Å². The molecule has 0 aromatic heterocycles. The smallest absolute Gasteiger partial charge is 0.165 e. The molecule has 1 aliphatic heterocycles. The molecule has 1 heterocycles. The molecule has 8 nitrogen and oxygen atoms in total. The Bertz CT molecular complexity index is 1250. The van der Waals surface area contributed by atoms with Crippen molar-refractivity contribution >= 4 is 0 Å². The van der Waals surface area contributed by atoms with E-state index in [9.17, 15) is 10.2 Å². The van der Waals surface area contributed by atoms with Gasteiger partial charge in [0.2, 0.25) is 0 Å². The molecule has 0 saturated carbocycles. The van der Waals surface area contributed by atoms with Crippen molar-refractivity contribution in [2.45, 2.75) is 85.2 Å². The number of phenolic OH excluding ortho intramolecular Hbond substituents is 1. The zero-order valence-corrected chi connectivity index (χ0v) is 26.1. The molecule has 3 rings (SSSR count). The molecule has 1 aliphatic rings. The molecule has 0 amide bonds. The molecule has 232 valence electrons. The lowest BCUT2D eigenvalue weighted by Gasteiger charge is -2.31. The van der Waals surface area contributed by atoms with Gasteiger partial charge in [0, 0.05) is 28.8 Å². The second-order valence-corrected chi connectivity index (χ2v) is 11.3. The monoisotopic (exact) mass is 582 g/mol. The maximum atomic E-state index is 11.9. The standard InChI is InChI=1S/C34H50N2O6/c1-22(2)12-14-24-26(40-18-10-6-8-16-35)20-28-31(32(24)37)33(38)30-25(15-13-23(3)4)34(39-5)29(21-27(30)42-28)41-19-11-7-9-17-36/h12-13,20-21,33,37-38H,6-11,14-19,35-36H2,1-5H3. The van der Waals surface area contributed by atoms with Crippen molar-refractivity contribution < 1.29 is 29.2 Å². The molecule has 1 atom stereocenters. The molecule has 0 spiro atoms. The number of methoxy groups -OCH3 is 1. The number of hydrogen-bond donors (Lipinski definition) is 4. The summed E-state index contributed by atoms with van der Waals surface area (Å²) in [4.78, 5) is 0. The van der Waals surface area contributed by atoms with Gasteiger partial charge in [0.1, 0.15) is 29.1 Å². The van der Waals surface area contributed by atoms with Gasteiger partial charge in [-0.05, 0) is 92.2 Å². The van der Waals surface area contributed by atoms with Gasteiger partial charge in [0.05, 0.1) is 25.9 Å². The maximum absolute atomic E-state index is 11.9. The first-order valence-electron chi connectivity index (χ1n) is 15.1. The molecule has 2 aromatic carbocycles. The molecule has 0 aliphatic carbocycles. The summed E-state index contributed by atoms with van der Waals surface area (Å²) in [5, 5.41) is 23.5. The van der Waals surface area contributed by atoms with Gasteiger partial charge < -0.3 is 40.6 Å². The average Bonchev–Trinajstić information content (AvgIpc) is 2.94. The number of ether oxygens (including phenoxy) is 4. The van der Waals surface area contributed by atoms with E-state index >= 15 is 0 Å². The molecular weight excluding hydrogens is 532 g/mol. The summed E-state index contributed by atoms with van der Waals surface area (Å²) >= 11 is 0. The van der Waals surface area contributed by atoms with Crippen molar-refractivity contribution in [1.29, 1.82) is 0 Å². The highest BCUT2D eigenvalue weighted by Crippen LogP contribution is 2.54. The number of rotatable bonds is 17. The number of phenols is 1. The number of nitrogens with two attached hydrogens (primary N) is 2. The van der Waals surface area contributed by atoms with E-state index in [-0.39, 0.29) is 5.75 Å². The first-order chi connectivity index (χ1) is 20.2. The van der Waals surface area contributed by atoms with Crippen LogP contribution in [0.15, 0.2) is 35.4 Å². The first kappa shape index (κ1) is 33.3. The van der Waals surface area contributed by atoms with Crippen LogP contribution >= 0.6 is 0 Å². The van der Waals surface area contributed by atoms with Crippen LogP contribution in [0.5, 0.6) is 34.5 Å². The molecular formula is C34H50N2O6. The van der Waals surface area contributed by atoms with Crippen LogP contribution in [0.3, 0.4) is 0 Å². The molecule has 42 heavy (non-hydrogen) atoms. The number of aromatic hydroxyl groups is 1. The van der Waals surface area contributed by atoms with Gasteiger partial charge in [-0.2, -0.15) is 0 Å². The van der Waals surface area contributed by atoms with Gasteiger partial charge in [-0.3, -0.25) is 0 Å². The quantitative estimate of drug-likeness (QED) is 0.121. The molecule has 8 heteroatoms. The van der Waals surface area contributed by atoms with Gasteiger partial charge in [-0.25, -0.2) is 0 Å². The lowest BCUT2D eigenvalue weighted by atomic mass is 9.88. The summed E-state index contributed by atoms with van der Waals surface area (Å²) in [5.74, 6) is 2.46. The number of benzene rings is 2. The van der Waals surface area contributed by atoms with Crippen LogP contribution in [0, 0.1) is 0 Å². The molecule has 6 N–H and O–H groups in total. The van der Waals surface area contributed by atoms with Gasteiger partial charge in [-0.1, -0.05) is 23.3 Å². The summed E-state index contributed by atoms with van der Waals surface area (Å²) in [5.41, 5.74) is 15.8. The Morgan fingerprint density at radius 3 is 1.86 bits per heavy atom. The van der Waals surface area contributed by atoms with Crippen molar-refractivity contribution in [3.05, 3.63) is 57.7 Å². The average molecular weight is 583 g/mol. The fraction of sp³-hybridized carbons (Fsp3) is 0.529. The summed E-state index contributed by atoms with van der Waals surface area (Å²) in [6.07, 6.45) is 9.47. The Kier molecular flexibility index (Phi) is 13.0. The Morgan fingerprint density at radius 1 is 0.786 bits per heavy atom. The third-order valence-corrected chi connectivity index (χ3v) is 7.33. The SMILES string of the molecule is COc1c(OCCCCCN)cc2c(c1CC=C(C)C)C(O)c1c(cc(OCCCCCN)c(CC=C(C)C)c1O)O2. The van der Waals surface area contributed by atoms with Gasteiger partial charge in [0.15, 0.2) is 11.5 Å². The topological polar surface area (TPSA) is 129 Å². The number of hydrogen-bond acceptors (Lipinski definition) is 8. The van der Waals surface area contributed by atoms with Gasteiger partial charge >= 0.3 is 0 Å². The highest BCUT2D eigenvalue weighted by molar-refractivity contribution is 5.68. The van der Waals surface area contributed by atoms with Crippen LogP contribution in [0.25, 0.3) is 0 Å². The summed E-state index contributed by atoms with van der Waals surface area (Å²) in [6, 6.07) is 3.56. The Labute approximate surface area is 251 Å². The second kappa shape index (κ2) is 16.4. The van der Waals surface area contributed by atoms with E-state index in [1.807, 2.05) is 33.8 Å².